The highest BCUT2D eigenvalue weighted by Crippen LogP contribution is 2.39. The summed E-state index contributed by atoms with van der Waals surface area (Å²) < 4.78 is 32.3. The summed E-state index contributed by atoms with van der Waals surface area (Å²) in [4.78, 5) is 0. The second-order valence-corrected chi connectivity index (χ2v) is 12.1. The van der Waals surface area contributed by atoms with Crippen LogP contribution < -0.4 is 4.74 Å². The summed E-state index contributed by atoms with van der Waals surface area (Å²) in [6, 6.07) is 45.8. The van der Waals surface area contributed by atoms with Gasteiger partial charge < -0.3 is 23.7 Å². The highest BCUT2D eigenvalue weighted by atomic mass is 16.6. The van der Waals surface area contributed by atoms with E-state index in [1.165, 1.54) is 16.7 Å². The summed E-state index contributed by atoms with van der Waals surface area (Å²) in [5, 5.41) is 0. The first-order valence-electron chi connectivity index (χ1n) is 16.6. The molecular formula is C42H44O5. The molecule has 0 aromatic heterocycles. The lowest BCUT2D eigenvalue weighted by Gasteiger charge is -2.26. The van der Waals surface area contributed by atoms with Crippen molar-refractivity contribution in [3.05, 3.63) is 172 Å². The van der Waals surface area contributed by atoms with Crippen LogP contribution >= 0.6 is 0 Å². The van der Waals surface area contributed by atoms with Crippen LogP contribution in [0, 0.1) is 6.92 Å². The number of aryl methyl sites for hydroxylation is 1. The molecule has 242 valence electrons. The fourth-order valence-corrected chi connectivity index (χ4v) is 6.06. The van der Waals surface area contributed by atoms with Crippen LogP contribution in [0.3, 0.4) is 0 Å². The molecule has 5 aromatic carbocycles. The summed E-state index contributed by atoms with van der Waals surface area (Å²) in [7, 11) is 0. The molecule has 0 amide bonds. The molecule has 1 saturated heterocycles. The van der Waals surface area contributed by atoms with E-state index in [9.17, 15) is 0 Å². The molecule has 47 heavy (non-hydrogen) atoms. The van der Waals surface area contributed by atoms with Crippen molar-refractivity contribution < 1.29 is 23.7 Å². The van der Waals surface area contributed by atoms with Crippen molar-refractivity contribution in [2.24, 2.45) is 0 Å². The molecule has 0 saturated carbocycles. The maximum atomic E-state index is 6.88. The number of ether oxygens (including phenoxy) is 5. The van der Waals surface area contributed by atoms with Crippen LogP contribution in [0.15, 0.2) is 133 Å². The van der Waals surface area contributed by atoms with Gasteiger partial charge in [-0.2, -0.15) is 0 Å². The molecule has 0 unspecified atom stereocenters. The van der Waals surface area contributed by atoms with E-state index < -0.39 is 0 Å². The lowest BCUT2D eigenvalue weighted by molar-refractivity contribution is -0.0898. The number of hydrogen-bond acceptors (Lipinski definition) is 5. The third kappa shape index (κ3) is 8.97. The van der Waals surface area contributed by atoms with Gasteiger partial charge in [0.2, 0.25) is 0 Å². The molecule has 0 radical (unpaired) electrons. The largest absolute Gasteiger partial charge is 0.494 e. The standard InChI is InChI=1S/C42H44O5/c1-3-44-38-23-20-32(21-24-38)25-37-26-36(22-19-31(37)2)40-42(46-29-35-17-11-6-12-18-35)41(45-28-34-15-9-5-10-16-34)39(47-40)30-43-27-33-13-7-4-8-14-33/h4-24,26,39-42H,3,25,27-30H2,1-2H3/t39-,40-,41-,42-/m0/s1. The molecule has 4 atom stereocenters. The minimum absolute atomic E-state index is 0.316. The van der Waals surface area contributed by atoms with Crippen LogP contribution in [0.4, 0.5) is 0 Å². The van der Waals surface area contributed by atoms with Gasteiger partial charge in [-0.15, -0.1) is 0 Å². The summed E-state index contributed by atoms with van der Waals surface area (Å²) in [5.74, 6) is 0.890. The lowest BCUT2D eigenvalue weighted by atomic mass is 9.94. The number of rotatable bonds is 15. The Labute approximate surface area is 279 Å². The molecule has 5 heteroatoms. The summed E-state index contributed by atoms with van der Waals surface area (Å²) in [6.07, 6.45) is -0.513. The van der Waals surface area contributed by atoms with Gasteiger partial charge in [0, 0.05) is 0 Å². The zero-order valence-corrected chi connectivity index (χ0v) is 27.3. The Bertz CT molecular complexity index is 1640. The monoisotopic (exact) mass is 628 g/mol. The number of hydrogen-bond donors (Lipinski definition) is 0. The molecule has 1 heterocycles. The molecule has 1 aliphatic heterocycles. The van der Waals surface area contributed by atoms with Crippen LogP contribution in [0.25, 0.3) is 0 Å². The van der Waals surface area contributed by atoms with Crippen molar-refractivity contribution in [3.8, 4) is 5.75 Å². The van der Waals surface area contributed by atoms with E-state index in [-0.39, 0.29) is 24.4 Å². The van der Waals surface area contributed by atoms with Crippen LogP contribution in [0.1, 0.15) is 52.0 Å². The van der Waals surface area contributed by atoms with Gasteiger partial charge in [-0.25, -0.2) is 0 Å². The minimum Gasteiger partial charge on any atom is -0.494 e. The summed E-state index contributed by atoms with van der Waals surface area (Å²) in [5.41, 5.74) is 8.14. The fourth-order valence-electron chi connectivity index (χ4n) is 6.06. The van der Waals surface area contributed by atoms with Gasteiger partial charge in [-0.05, 0) is 71.3 Å². The van der Waals surface area contributed by atoms with Gasteiger partial charge in [0.25, 0.3) is 0 Å². The Morgan fingerprint density at radius 3 is 1.77 bits per heavy atom. The van der Waals surface area contributed by atoms with Crippen LogP contribution in [-0.2, 0) is 45.2 Å². The van der Waals surface area contributed by atoms with Gasteiger partial charge in [-0.3, -0.25) is 0 Å². The third-order valence-corrected chi connectivity index (χ3v) is 8.60. The topological polar surface area (TPSA) is 46.2 Å². The Balaban J connectivity index is 1.27. The Morgan fingerprint density at radius 2 is 1.17 bits per heavy atom. The van der Waals surface area contributed by atoms with E-state index in [1.807, 2.05) is 73.7 Å². The summed E-state index contributed by atoms with van der Waals surface area (Å²) >= 11 is 0. The van der Waals surface area contributed by atoms with E-state index in [2.05, 4.69) is 73.7 Å². The second kappa shape index (κ2) is 16.5. The van der Waals surface area contributed by atoms with Crippen LogP contribution in [0.2, 0.25) is 0 Å². The van der Waals surface area contributed by atoms with Crippen molar-refractivity contribution in [2.45, 2.75) is 64.5 Å². The van der Waals surface area contributed by atoms with Crippen molar-refractivity contribution in [2.75, 3.05) is 13.2 Å². The molecular weight excluding hydrogens is 584 g/mol. The smallest absolute Gasteiger partial charge is 0.119 e. The maximum absolute atomic E-state index is 6.88. The van der Waals surface area contributed by atoms with E-state index in [1.54, 1.807) is 0 Å². The normalized spacial score (nSPS) is 19.1. The molecule has 5 nitrogen and oxygen atoms in total. The molecule has 6 rings (SSSR count). The zero-order chi connectivity index (χ0) is 32.3. The van der Waals surface area contributed by atoms with Gasteiger partial charge in [0.05, 0.1) is 33.0 Å². The average Bonchev–Trinajstić information content (AvgIpc) is 3.46. The van der Waals surface area contributed by atoms with Crippen molar-refractivity contribution in [3.63, 3.8) is 0 Å². The highest BCUT2D eigenvalue weighted by Gasteiger charge is 2.47. The van der Waals surface area contributed by atoms with Gasteiger partial charge in [-0.1, -0.05) is 121 Å². The van der Waals surface area contributed by atoms with Crippen molar-refractivity contribution >= 4 is 0 Å². The van der Waals surface area contributed by atoms with E-state index in [0.29, 0.717) is 33.0 Å². The van der Waals surface area contributed by atoms with Crippen molar-refractivity contribution in [1.29, 1.82) is 0 Å². The first kappa shape index (κ1) is 32.7. The van der Waals surface area contributed by atoms with Crippen molar-refractivity contribution in [1.82, 2.24) is 0 Å². The predicted molar refractivity (Wildman–Crippen MR) is 185 cm³/mol. The molecule has 0 N–H and O–H groups in total. The number of benzene rings is 5. The average molecular weight is 629 g/mol. The lowest BCUT2D eigenvalue weighted by Crippen LogP contribution is -2.37. The third-order valence-electron chi connectivity index (χ3n) is 8.60. The first-order chi connectivity index (χ1) is 23.2. The zero-order valence-electron chi connectivity index (χ0n) is 27.3. The molecule has 0 bridgehead atoms. The van der Waals surface area contributed by atoms with E-state index in [4.69, 9.17) is 23.7 Å². The summed E-state index contributed by atoms with van der Waals surface area (Å²) in [6.45, 7) is 6.63. The highest BCUT2D eigenvalue weighted by molar-refractivity contribution is 5.38. The molecule has 1 aliphatic rings. The molecule has 1 fully saturated rings. The SMILES string of the molecule is CCOc1ccc(Cc2cc([C@@H]3O[C@@H](COCc4ccccc4)[C@H](OCc4ccccc4)[C@H]3OCc3ccccc3)ccc2C)cc1. The second-order valence-electron chi connectivity index (χ2n) is 12.1. The van der Waals surface area contributed by atoms with Gasteiger partial charge in [0.15, 0.2) is 0 Å². The van der Waals surface area contributed by atoms with E-state index in [0.717, 1.165) is 34.4 Å². The Morgan fingerprint density at radius 1 is 0.596 bits per heavy atom. The van der Waals surface area contributed by atoms with Crippen LogP contribution in [0.5, 0.6) is 5.75 Å². The Hall–Kier alpha value is -4.26. The van der Waals surface area contributed by atoms with Gasteiger partial charge in [0.1, 0.15) is 30.2 Å². The molecule has 0 spiro atoms. The fraction of sp³-hybridized carbons (Fsp3) is 0.286. The molecule has 5 aromatic rings. The van der Waals surface area contributed by atoms with Gasteiger partial charge >= 0.3 is 0 Å². The first-order valence-corrected chi connectivity index (χ1v) is 16.6. The van der Waals surface area contributed by atoms with Crippen LogP contribution in [-0.4, -0.2) is 31.5 Å². The predicted octanol–water partition coefficient (Wildman–Crippen LogP) is 8.81. The quantitative estimate of drug-likeness (QED) is 0.116. The minimum atomic E-state index is -0.342. The maximum Gasteiger partial charge on any atom is 0.119 e. The Kier molecular flexibility index (Phi) is 11.5. The van der Waals surface area contributed by atoms with E-state index >= 15 is 0 Å². The molecule has 0 aliphatic carbocycles.